The lowest BCUT2D eigenvalue weighted by Gasteiger charge is -2.08. The minimum atomic E-state index is -0.137. The number of amides is 1. The molecule has 0 aliphatic heterocycles. The van der Waals surface area contributed by atoms with Gasteiger partial charge in [0.05, 0.1) is 0 Å². The first-order valence-corrected chi connectivity index (χ1v) is 7.37. The molecule has 0 aliphatic rings. The summed E-state index contributed by atoms with van der Waals surface area (Å²) < 4.78 is 5.36. The number of unbranched alkanes of at least 4 members (excludes halogenated alkanes) is 4. The maximum atomic E-state index is 11.7. The zero-order valence-electron chi connectivity index (χ0n) is 12.6. The molecule has 0 spiro atoms. The molecular formula is C16H26N2O2. The van der Waals surface area contributed by atoms with Crippen molar-refractivity contribution in [2.75, 3.05) is 24.3 Å². The first-order valence-electron chi connectivity index (χ1n) is 7.37. The molecular weight excluding hydrogens is 252 g/mol. The van der Waals surface area contributed by atoms with Crippen LogP contribution in [0.5, 0.6) is 0 Å². The molecule has 0 saturated heterocycles. The maximum Gasteiger partial charge on any atom is 0.250 e. The Balaban J connectivity index is 2.15. The van der Waals surface area contributed by atoms with Crippen molar-refractivity contribution in [2.24, 2.45) is 0 Å². The zero-order chi connectivity index (χ0) is 14.8. The number of benzene rings is 1. The quantitative estimate of drug-likeness (QED) is 0.536. The highest BCUT2D eigenvalue weighted by Crippen LogP contribution is 2.16. The molecule has 0 aromatic heterocycles. The Morgan fingerprint density at radius 2 is 2.00 bits per heavy atom. The van der Waals surface area contributed by atoms with Gasteiger partial charge in [0.15, 0.2) is 0 Å². The Morgan fingerprint density at radius 1 is 1.25 bits per heavy atom. The Hall–Kier alpha value is -1.55. The first-order chi connectivity index (χ1) is 9.63. The number of ether oxygens (including phenoxy) is 1. The molecule has 0 aliphatic carbocycles. The van der Waals surface area contributed by atoms with E-state index in [1.807, 2.05) is 19.1 Å². The molecule has 0 fully saturated rings. The van der Waals surface area contributed by atoms with Crippen LogP contribution >= 0.6 is 0 Å². The molecule has 1 rings (SSSR count). The monoisotopic (exact) mass is 278 g/mol. The average molecular weight is 278 g/mol. The van der Waals surface area contributed by atoms with Crippen molar-refractivity contribution < 1.29 is 9.53 Å². The van der Waals surface area contributed by atoms with Gasteiger partial charge in [-0.05, 0) is 31.0 Å². The third kappa shape index (κ3) is 6.57. The molecule has 4 nitrogen and oxygen atoms in total. The van der Waals surface area contributed by atoms with Crippen molar-refractivity contribution in [3.8, 4) is 0 Å². The fraction of sp³-hybridized carbons (Fsp3) is 0.562. The predicted octanol–water partition coefficient (Wildman–Crippen LogP) is 3.50. The third-order valence-electron chi connectivity index (χ3n) is 3.19. The number of carbonyl (C=O) groups is 1. The van der Waals surface area contributed by atoms with Gasteiger partial charge in [-0.2, -0.15) is 0 Å². The number of rotatable bonds is 9. The van der Waals surface area contributed by atoms with E-state index in [2.05, 4.69) is 12.2 Å². The van der Waals surface area contributed by atoms with Gasteiger partial charge < -0.3 is 15.8 Å². The van der Waals surface area contributed by atoms with Crippen LogP contribution in [0.1, 0.15) is 44.6 Å². The van der Waals surface area contributed by atoms with Crippen molar-refractivity contribution in [2.45, 2.75) is 46.0 Å². The van der Waals surface area contributed by atoms with Crippen LogP contribution < -0.4 is 11.1 Å². The number of anilines is 2. The van der Waals surface area contributed by atoms with Crippen LogP contribution in [-0.2, 0) is 9.53 Å². The van der Waals surface area contributed by atoms with Crippen molar-refractivity contribution in [3.05, 3.63) is 23.8 Å². The second kappa shape index (κ2) is 9.37. The van der Waals surface area contributed by atoms with E-state index >= 15 is 0 Å². The van der Waals surface area contributed by atoms with Crippen LogP contribution in [0, 0.1) is 6.92 Å². The lowest BCUT2D eigenvalue weighted by molar-refractivity contribution is -0.120. The SMILES string of the molecule is CCCCCCCOCC(=O)Nc1ccc(C)c(N)c1. The van der Waals surface area contributed by atoms with Gasteiger partial charge in [-0.25, -0.2) is 0 Å². The van der Waals surface area contributed by atoms with Gasteiger partial charge in [0, 0.05) is 18.0 Å². The van der Waals surface area contributed by atoms with Crippen molar-refractivity contribution in [3.63, 3.8) is 0 Å². The summed E-state index contributed by atoms with van der Waals surface area (Å²) >= 11 is 0. The fourth-order valence-corrected chi connectivity index (χ4v) is 1.89. The summed E-state index contributed by atoms with van der Waals surface area (Å²) in [6.07, 6.45) is 5.95. The number of aryl methyl sites for hydroxylation is 1. The summed E-state index contributed by atoms with van der Waals surface area (Å²) in [5.74, 6) is -0.137. The van der Waals surface area contributed by atoms with Gasteiger partial charge in [-0.15, -0.1) is 0 Å². The largest absolute Gasteiger partial charge is 0.398 e. The lowest BCUT2D eigenvalue weighted by atomic mass is 10.2. The molecule has 4 heteroatoms. The predicted molar refractivity (Wildman–Crippen MR) is 83.8 cm³/mol. The number of hydrogen-bond acceptors (Lipinski definition) is 3. The molecule has 1 aromatic rings. The van der Waals surface area contributed by atoms with E-state index in [9.17, 15) is 4.79 Å². The summed E-state index contributed by atoms with van der Waals surface area (Å²) in [7, 11) is 0. The topological polar surface area (TPSA) is 64.3 Å². The molecule has 1 amide bonds. The number of nitrogens with one attached hydrogen (secondary N) is 1. The molecule has 0 unspecified atom stereocenters. The molecule has 112 valence electrons. The number of hydrogen-bond donors (Lipinski definition) is 2. The molecule has 0 saturated carbocycles. The number of nitrogens with two attached hydrogens (primary N) is 1. The minimum Gasteiger partial charge on any atom is -0.398 e. The smallest absolute Gasteiger partial charge is 0.250 e. The van der Waals surface area contributed by atoms with Gasteiger partial charge in [0.1, 0.15) is 6.61 Å². The summed E-state index contributed by atoms with van der Waals surface area (Å²) in [5.41, 5.74) is 8.19. The average Bonchev–Trinajstić information content (AvgIpc) is 2.42. The Bertz CT molecular complexity index is 419. The summed E-state index contributed by atoms with van der Waals surface area (Å²) in [6.45, 7) is 4.87. The normalized spacial score (nSPS) is 10.5. The second-order valence-electron chi connectivity index (χ2n) is 5.09. The summed E-state index contributed by atoms with van der Waals surface area (Å²) in [5, 5.41) is 2.78. The third-order valence-corrected chi connectivity index (χ3v) is 3.19. The molecule has 0 bridgehead atoms. The number of nitrogen functional groups attached to an aromatic ring is 1. The number of carbonyl (C=O) groups excluding carboxylic acids is 1. The van der Waals surface area contributed by atoms with E-state index in [0.29, 0.717) is 18.0 Å². The van der Waals surface area contributed by atoms with Crippen LogP contribution in [-0.4, -0.2) is 19.1 Å². The van der Waals surface area contributed by atoms with Gasteiger partial charge in [0.25, 0.3) is 0 Å². The first kappa shape index (κ1) is 16.5. The fourth-order valence-electron chi connectivity index (χ4n) is 1.89. The van der Waals surface area contributed by atoms with E-state index in [1.165, 1.54) is 25.7 Å². The highest BCUT2D eigenvalue weighted by atomic mass is 16.5. The molecule has 1 aromatic carbocycles. The highest BCUT2D eigenvalue weighted by molar-refractivity contribution is 5.92. The van der Waals surface area contributed by atoms with Gasteiger partial charge in [0.2, 0.25) is 5.91 Å². The van der Waals surface area contributed by atoms with Crippen LogP contribution in [0.2, 0.25) is 0 Å². The second-order valence-corrected chi connectivity index (χ2v) is 5.09. The van der Waals surface area contributed by atoms with Crippen LogP contribution in [0.3, 0.4) is 0 Å². The van der Waals surface area contributed by atoms with Gasteiger partial charge >= 0.3 is 0 Å². The zero-order valence-corrected chi connectivity index (χ0v) is 12.6. The highest BCUT2D eigenvalue weighted by Gasteiger charge is 2.03. The van der Waals surface area contributed by atoms with Crippen LogP contribution in [0.25, 0.3) is 0 Å². The van der Waals surface area contributed by atoms with Gasteiger partial charge in [-0.1, -0.05) is 38.7 Å². The Labute approximate surface area is 121 Å². The van der Waals surface area contributed by atoms with Crippen molar-refractivity contribution in [1.29, 1.82) is 0 Å². The molecule has 3 N–H and O–H groups in total. The lowest BCUT2D eigenvalue weighted by Crippen LogP contribution is -2.18. The van der Waals surface area contributed by atoms with E-state index in [4.69, 9.17) is 10.5 Å². The van der Waals surface area contributed by atoms with Gasteiger partial charge in [-0.3, -0.25) is 4.79 Å². The standard InChI is InChI=1S/C16H26N2O2/c1-3-4-5-6-7-10-20-12-16(19)18-14-9-8-13(2)15(17)11-14/h8-9,11H,3-7,10,12,17H2,1-2H3,(H,18,19). The maximum absolute atomic E-state index is 11.7. The minimum absolute atomic E-state index is 0.0988. The van der Waals surface area contributed by atoms with Crippen molar-refractivity contribution >= 4 is 17.3 Å². The summed E-state index contributed by atoms with van der Waals surface area (Å²) in [4.78, 5) is 11.7. The molecule has 0 radical (unpaired) electrons. The van der Waals surface area contributed by atoms with E-state index < -0.39 is 0 Å². The Morgan fingerprint density at radius 3 is 2.70 bits per heavy atom. The Kier molecular flexibility index (Phi) is 7.73. The molecule has 20 heavy (non-hydrogen) atoms. The van der Waals surface area contributed by atoms with E-state index in [1.54, 1.807) is 6.07 Å². The molecule has 0 heterocycles. The van der Waals surface area contributed by atoms with Crippen molar-refractivity contribution in [1.82, 2.24) is 0 Å². The molecule has 0 atom stereocenters. The summed E-state index contributed by atoms with van der Waals surface area (Å²) in [6, 6.07) is 5.49. The van der Waals surface area contributed by atoms with E-state index in [-0.39, 0.29) is 12.5 Å². The van der Waals surface area contributed by atoms with Crippen LogP contribution in [0.4, 0.5) is 11.4 Å². The van der Waals surface area contributed by atoms with E-state index in [0.717, 1.165) is 12.0 Å². The van der Waals surface area contributed by atoms with Crippen LogP contribution in [0.15, 0.2) is 18.2 Å².